The van der Waals surface area contributed by atoms with Gasteiger partial charge in [-0.15, -0.1) is 10.2 Å². The first-order chi connectivity index (χ1) is 8.74. The van der Waals surface area contributed by atoms with Gasteiger partial charge in [-0.05, 0) is 12.3 Å². The van der Waals surface area contributed by atoms with Gasteiger partial charge in [0.25, 0.3) is 0 Å². The lowest BCUT2D eigenvalue weighted by Crippen LogP contribution is -2.24. The largest absolute Gasteiger partial charge is 0.286 e. The van der Waals surface area contributed by atoms with E-state index >= 15 is 0 Å². The van der Waals surface area contributed by atoms with E-state index in [0.29, 0.717) is 12.3 Å². The second-order valence-corrected chi connectivity index (χ2v) is 6.35. The second kappa shape index (κ2) is 6.61. The van der Waals surface area contributed by atoms with E-state index in [2.05, 4.69) is 33.1 Å². The smallest absolute Gasteiger partial charge is 0.229 e. The van der Waals surface area contributed by atoms with Gasteiger partial charge in [0, 0.05) is 24.7 Å². The van der Waals surface area contributed by atoms with Crippen LogP contribution in [0.25, 0.3) is 0 Å². The van der Waals surface area contributed by atoms with Gasteiger partial charge < -0.3 is 0 Å². The quantitative estimate of drug-likeness (QED) is 0.594. The molecule has 0 bridgehead atoms. The zero-order chi connectivity index (χ0) is 13.0. The predicted molar refractivity (Wildman–Crippen MR) is 77.4 cm³/mol. The van der Waals surface area contributed by atoms with Crippen LogP contribution >= 0.6 is 27.3 Å². The van der Waals surface area contributed by atoms with Crippen LogP contribution in [-0.2, 0) is 11.2 Å². The normalized spacial score (nSPS) is 19.8. The predicted octanol–water partition coefficient (Wildman–Crippen LogP) is 3.02. The Hall–Kier alpha value is -0.490. The number of nitrogens with zero attached hydrogens (tertiary/aromatic N) is 3. The molecule has 0 spiro atoms. The minimum Gasteiger partial charge on any atom is -0.286 e. The summed E-state index contributed by atoms with van der Waals surface area (Å²) in [6.45, 7) is 2.96. The van der Waals surface area contributed by atoms with Crippen molar-refractivity contribution in [2.24, 2.45) is 5.92 Å². The molecule has 0 radical (unpaired) electrons. The molecule has 1 aliphatic rings. The van der Waals surface area contributed by atoms with Gasteiger partial charge in [-0.1, -0.05) is 47.0 Å². The molecule has 0 aromatic carbocycles. The average molecular weight is 332 g/mol. The highest BCUT2D eigenvalue weighted by molar-refractivity contribution is 9.09. The standard InChI is InChI=1S/C12H18BrN3OS/c1-2-3-4-5-10-14-15-12(18-10)16-8-9(7-13)6-11(16)17/h9H,2-8H2,1H3. The first-order valence-electron chi connectivity index (χ1n) is 6.43. The van der Waals surface area contributed by atoms with Crippen molar-refractivity contribution in [1.82, 2.24) is 10.2 Å². The molecule has 1 unspecified atom stereocenters. The van der Waals surface area contributed by atoms with E-state index in [4.69, 9.17) is 0 Å². The number of rotatable bonds is 6. The number of hydrogen-bond donors (Lipinski definition) is 0. The Kier molecular flexibility index (Phi) is 5.12. The summed E-state index contributed by atoms with van der Waals surface area (Å²) in [5, 5.41) is 11.0. The first-order valence-corrected chi connectivity index (χ1v) is 8.37. The maximum atomic E-state index is 11.9. The molecule has 18 heavy (non-hydrogen) atoms. The van der Waals surface area contributed by atoms with Gasteiger partial charge in [0.2, 0.25) is 11.0 Å². The number of carbonyl (C=O) groups excluding carboxylic acids is 1. The highest BCUT2D eigenvalue weighted by atomic mass is 79.9. The van der Waals surface area contributed by atoms with E-state index in [-0.39, 0.29) is 5.91 Å². The number of aryl methyl sites for hydroxylation is 1. The summed E-state index contributed by atoms with van der Waals surface area (Å²) in [6.07, 6.45) is 5.20. The minimum absolute atomic E-state index is 0.177. The van der Waals surface area contributed by atoms with Crippen molar-refractivity contribution in [3.05, 3.63) is 5.01 Å². The fraction of sp³-hybridized carbons (Fsp3) is 0.750. The Labute approximate surface area is 120 Å². The Morgan fingerprint density at radius 2 is 2.28 bits per heavy atom. The molecule has 1 saturated heterocycles. The number of carbonyl (C=O) groups is 1. The van der Waals surface area contributed by atoms with E-state index in [1.807, 2.05) is 0 Å². The summed E-state index contributed by atoms with van der Waals surface area (Å²) in [5.41, 5.74) is 0. The van der Waals surface area contributed by atoms with E-state index in [1.54, 1.807) is 16.2 Å². The van der Waals surface area contributed by atoms with Crippen molar-refractivity contribution in [2.75, 3.05) is 16.8 Å². The first kappa shape index (κ1) is 13.9. The van der Waals surface area contributed by atoms with Crippen LogP contribution in [0.4, 0.5) is 5.13 Å². The van der Waals surface area contributed by atoms with Crippen molar-refractivity contribution < 1.29 is 4.79 Å². The van der Waals surface area contributed by atoms with E-state index in [0.717, 1.165) is 34.9 Å². The van der Waals surface area contributed by atoms with Gasteiger partial charge in [-0.25, -0.2) is 0 Å². The molecule has 100 valence electrons. The molecule has 1 aliphatic heterocycles. The molecule has 0 saturated carbocycles. The van der Waals surface area contributed by atoms with Crippen molar-refractivity contribution in [3.63, 3.8) is 0 Å². The molecule has 1 atom stereocenters. The summed E-state index contributed by atoms with van der Waals surface area (Å²) in [7, 11) is 0. The third-order valence-corrected chi connectivity index (χ3v) is 5.03. The lowest BCUT2D eigenvalue weighted by Gasteiger charge is -2.10. The average Bonchev–Trinajstić information content (AvgIpc) is 2.96. The Bertz CT molecular complexity index is 410. The van der Waals surface area contributed by atoms with Gasteiger partial charge in [-0.2, -0.15) is 0 Å². The zero-order valence-corrected chi connectivity index (χ0v) is 13.0. The number of alkyl halides is 1. The van der Waals surface area contributed by atoms with Gasteiger partial charge in [0.05, 0.1) is 0 Å². The van der Waals surface area contributed by atoms with Gasteiger partial charge in [-0.3, -0.25) is 9.69 Å². The SMILES string of the molecule is CCCCCc1nnc(N2CC(CBr)CC2=O)s1. The molecular weight excluding hydrogens is 314 g/mol. The number of anilines is 1. The summed E-state index contributed by atoms with van der Waals surface area (Å²) in [4.78, 5) is 13.6. The number of hydrogen-bond acceptors (Lipinski definition) is 4. The molecule has 4 nitrogen and oxygen atoms in total. The maximum absolute atomic E-state index is 11.9. The van der Waals surface area contributed by atoms with Crippen LogP contribution in [0.3, 0.4) is 0 Å². The molecule has 1 aromatic rings. The molecule has 2 heterocycles. The number of amides is 1. The highest BCUT2D eigenvalue weighted by Gasteiger charge is 2.31. The summed E-state index contributed by atoms with van der Waals surface area (Å²) in [6, 6.07) is 0. The molecule has 6 heteroatoms. The third-order valence-electron chi connectivity index (χ3n) is 3.10. The van der Waals surface area contributed by atoms with Gasteiger partial charge in [0.15, 0.2) is 0 Å². The molecule has 0 aliphatic carbocycles. The lowest BCUT2D eigenvalue weighted by molar-refractivity contribution is -0.117. The summed E-state index contributed by atoms with van der Waals surface area (Å²) >= 11 is 5.00. The maximum Gasteiger partial charge on any atom is 0.229 e. The van der Waals surface area contributed by atoms with Gasteiger partial charge in [0.1, 0.15) is 5.01 Å². The van der Waals surface area contributed by atoms with E-state index in [9.17, 15) is 4.79 Å². The van der Waals surface area contributed by atoms with Crippen molar-refractivity contribution in [2.45, 2.75) is 39.0 Å². The van der Waals surface area contributed by atoms with Crippen molar-refractivity contribution in [1.29, 1.82) is 0 Å². The fourth-order valence-electron chi connectivity index (χ4n) is 2.05. The third kappa shape index (κ3) is 3.29. The summed E-state index contributed by atoms with van der Waals surface area (Å²) < 4.78 is 0. The molecule has 1 aromatic heterocycles. The monoisotopic (exact) mass is 331 g/mol. The number of halogens is 1. The molecule has 1 fully saturated rings. The van der Waals surface area contributed by atoms with Crippen LogP contribution in [0.15, 0.2) is 0 Å². The lowest BCUT2D eigenvalue weighted by atomic mass is 10.2. The van der Waals surface area contributed by atoms with Gasteiger partial charge >= 0.3 is 0 Å². The molecule has 0 N–H and O–H groups in total. The van der Waals surface area contributed by atoms with Crippen LogP contribution in [0, 0.1) is 5.92 Å². The summed E-state index contributed by atoms with van der Waals surface area (Å²) in [5.74, 6) is 0.584. The second-order valence-electron chi connectivity index (χ2n) is 4.66. The van der Waals surface area contributed by atoms with Crippen molar-refractivity contribution in [3.8, 4) is 0 Å². The fourth-order valence-corrected chi connectivity index (χ4v) is 3.39. The van der Waals surface area contributed by atoms with Crippen LogP contribution in [0.1, 0.15) is 37.6 Å². The van der Waals surface area contributed by atoms with E-state index in [1.165, 1.54) is 12.8 Å². The Morgan fingerprint density at radius 3 is 2.94 bits per heavy atom. The molecular formula is C12H18BrN3OS. The molecule has 2 rings (SSSR count). The Morgan fingerprint density at radius 1 is 1.44 bits per heavy atom. The Balaban J connectivity index is 1.95. The molecule has 1 amide bonds. The topological polar surface area (TPSA) is 46.1 Å². The van der Waals surface area contributed by atoms with Crippen LogP contribution < -0.4 is 4.90 Å². The minimum atomic E-state index is 0.177. The highest BCUT2D eigenvalue weighted by Crippen LogP contribution is 2.29. The zero-order valence-electron chi connectivity index (χ0n) is 10.6. The number of unbranched alkanes of at least 4 members (excludes halogenated alkanes) is 2. The van der Waals surface area contributed by atoms with Crippen LogP contribution in [-0.4, -0.2) is 28.0 Å². The van der Waals surface area contributed by atoms with Crippen molar-refractivity contribution >= 4 is 38.3 Å². The number of aromatic nitrogens is 2. The van der Waals surface area contributed by atoms with Crippen LogP contribution in [0.5, 0.6) is 0 Å². The van der Waals surface area contributed by atoms with Crippen LogP contribution in [0.2, 0.25) is 0 Å². The van der Waals surface area contributed by atoms with E-state index < -0.39 is 0 Å².